The number of nitrogen functional groups attached to an aromatic ring is 1. The van der Waals surface area contributed by atoms with Crippen LogP contribution in [-0.2, 0) is 0 Å². The lowest BCUT2D eigenvalue weighted by atomic mass is 9.98. The Hall–Kier alpha value is -1.05. The second-order valence-corrected chi connectivity index (χ2v) is 4.83. The van der Waals surface area contributed by atoms with E-state index in [0.717, 1.165) is 0 Å². The van der Waals surface area contributed by atoms with Crippen LogP contribution in [0.25, 0.3) is 0 Å². The highest BCUT2D eigenvalue weighted by molar-refractivity contribution is 7.98. The molecule has 18 heavy (non-hydrogen) atoms. The van der Waals surface area contributed by atoms with E-state index in [4.69, 9.17) is 5.84 Å². The quantitative estimate of drug-likeness (QED) is 0.258. The van der Waals surface area contributed by atoms with Crippen LogP contribution in [0.15, 0.2) is 11.2 Å². The van der Waals surface area contributed by atoms with Crippen molar-refractivity contribution in [3.05, 3.63) is 6.07 Å². The van der Waals surface area contributed by atoms with Gasteiger partial charge in [0.25, 0.3) is 0 Å². The van der Waals surface area contributed by atoms with Crippen molar-refractivity contribution < 1.29 is 5.11 Å². The molecule has 0 spiro atoms. The Balaban J connectivity index is 2.78. The summed E-state index contributed by atoms with van der Waals surface area (Å²) < 4.78 is 0. The van der Waals surface area contributed by atoms with E-state index in [1.165, 1.54) is 11.8 Å². The molecule has 0 fully saturated rings. The lowest BCUT2D eigenvalue weighted by Gasteiger charge is -2.25. The minimum Gasteiger partial charge on any atom is -0.388 e. The molecule has 0 aliphatic rings. The summed E-state index contributed by atoms with van der Waals surface area (Å²) in [5, 5.41) is 13.9. The number of rotatable bonds is 7. The molecule has 6 nitrogen and oxygen atoms in total. The van der Waals surface area contributed by atoms with Gasteiger partial charge in [-0.3, -0.25) is 0 Å². The number of thioether (sulfide) groups is 1. The molecule has 0 saturated carbocycles. The molecule has 7 heteroatoms. The summed E-state index contributed by atoms with van der Waals surface area (Å²) in [6.45, 7) is 4.38. The van der Waals surface area contributed by atoms with Gasteiger partial charge in [-0.25, -0.2) is 15.8 Å². The van der Waals surface area contributed by atoms with Crippen LogP contribution in [0.5, 0.6) is 0 Å². The van der Waals surface area contributed by atoms with Gasteiger partial charge in [-0.1, -0.05) is 25.6 Å². The number of nitrogens with one attached hydrogen (secondary N) is 2. The molecule has 0 amide bonds. The monoisotopic (exact) mass is 271 g/mol. The maximum atomic E-state index is 10.2. The van der Waals surface area contributed by atoms with Crippen molar-refractivity contribution in [2.75, 3.05) is 23.5 Å². The summed E-state index contributed by atoms with van der Waals surface area (Å²) in [6, 6.07) is 1.71. The molecule has 0 atom stereocenters. The van der Waals surface area contributed by atoms with Crippen LogP contribution in [0.4, 0.5) is 11.6 Å². The molecule has 5 N–H and O–H groups in total. The van der Waals surface area contributed by atoms with E-state index in [1.807, 2.05) is 20.1 Å². The molecule has 102 valence electrons. The van der Waals surface area contributed by atoms with Crippen LogP contribution in [0.1, 0.15) is 26.7 Å². The van der Waals surface area contributed by atoms with Crippen molar-refractivity contribution in [2.24, 2.45) is 5.84 Å². The van der Waals surface area contributed by atoms with Gasteiger partial charge in [0.2, 0.25) is 0 Å². The Labute approximate surface area is 112 Å². The molecule has 0 radical (unpaired) electrons. The fourth-order valence-electron chi connectivity index (χ4n) is 1.44. The Bertz CT molecular complexity index is 361. The molecule has 1 heterocycles. The zero-order valence-corrected chi connectivity index (χ0v) is 11.8. The number of hydrogen-bond donors (Lipinski definition) is 4. The summed E-state index contributed by atoms with van der Waals surface area (Å²) in [6.07, 6.45) is 3.28. The Morgan fingerprint density at radius 3 is 2.44 bits per heavy atom. The van der Waals surface area contributed by atoms with E-state index in [2.05, 4.69) is 20.7 Å². The van der Waals surface area contributed by atoms with Crippen molar-refractivity contribution in [3.63, 3.8) is 0 Å². The number of nitrogens with zero attached hydrogens (tertiary/aromatic N) is 2. The van der Waals surface area contributed by atoms with Gasteiger partial charge < -0.3 is 15.8 Å². The van der Waals surface area contributed by atoms with E-state index < -0.39 is 5.60 Å². The van der Waals surface area contributed by atoms with E-state index in [9.17, 15) is 5.11 Å². The van der Waals surface area contributed by atoms with E-state index >= 15 is 0 Å². The van der Waals surface area contributed by atoms with Crippen LogP contribution in [0.3, 0.4) is 0 Å². The Morgan fingerprint density at radius 2 is 1.94 bits per heavy atom. The molecule has 1 aromatic heterocycles. The molecule has 0 aliphatic carbocycles. The standard InChI is InChI=1S/C11H21N5OS/c1-4-11(17,5-2)7-13-8-6-9(16-12)15-10(14-8)18-3/h6,17H,4-5,7,12H2,1-3H3,(H2,13,14,15,16). The van der Waals surface area contributed by atoms with Gasteiger partial charge in [-0.15, -0.1) is 0 Å². The van der Waals surface area contributed by atoms with Gasteiger partial charge in [0, 0.05) is 12.6 Å². The number of aliphatic hydroxyl groups is 1. The normalized spacial score (nSPS) is 11.4. The smallest absolute Gasteiger partial charge is 0.191 e. The van der Waals surface area contributed by atoms with Crippen LogP contribution >= 0.6 is 11.8 Å². The van der Waals surface area contributed by atoms with Crippen molar-refractivity contribution in [3.8, 4) is 0 Å². The number of anilines is 2. The Kier molecular flexibility index (Phi) is 5.64. The predicted molar refractivity (Wildman–Crippen MR) is 75.6 cm³/mol. The summed E-state index contributed by atoms with van der Waals surface area (Å²) in [5.41, 5.74) is 1.79. The van der Waals surface area contributed by atoms with Crippen LogP contribution < -0.4 is 16.6 Å². The maximum Gasteiger partial charge on any atom is 0.191 e. The summed E-state index contributed by atoms with van der Waals surface area (Å²) in [4.78, 5) is 8.47. The first-order valence-electron chi connectivity index (χ1n) is 5.92. The Morgan fingerprint density at radius 1 is 1.33 bits per heavy atom. The predicted octanol–water partition coefficient (Wildman–Crippen LogP) is 1.45. The number of hydrogen-bond acceptors (Lipinski definition) is 7. The van der Waals surface area contributed by atoms with Crippen LogP contribution in [-0.4, -0.2) is 33.5 Å². The second kappa shape index (κ2) is 6.77. The van der Waals surface area contributed by atoms with Crippen molar-refractivity contribution in [1.82, 2.24) is 9.97 Å². The average Bonchev–Trinajstić information content (AvgIpc) is 2.44. The van der Waals surface area contributed by atoms with Crippen molar-refractivity contribution in [2.45, 2.75) is 37.4 Å². The number of nitrogens with two attached hydrogens (primary N) is 1. The molecule has 0 aromatic carbocycles. The lowest BCUT2D eigenvalue weighted by Crippen LogP contribution is -2.35. The fraction of sp³-hybridized carbons (Fsp3) is 0.636. The zero-order valence-electron chi connectivity index (χ0n) is 11.0. The highest BCUT2D eigenvalue weighted by Gasteiger charge is 2.21. The number of aromatic nitrogens is 2. The van der Waals surface area contributed by atoms with E-state index in [0.29, 0.717) is 36.2 Å². The first kappa shape index (κ1) is 15.0. The third-order valence-corrected chi connectivity index (χ3v) is 3.50. The molecule has 1 rings (SSSR count). The maximum absolute atomic E-state index is 10.2. The SMILES string of the molecule is CCC(O)(CC)CNc1cc(NN)nc(SC)n1. The summed E-state index contributed by atoms with van der Waals surface area (Å²) in [5.74, 6) is 6.55. The largest absolute Gasteiger partial charge is 0.388 e. The first-order chi connectivity index (χ1) is 8.56. The van der Waals surface area contributed by atoms with Gasteiger partial charge in [-0.05, 0) is 19.1 Å². The highest BCUT2D eigenvalue weighted by Crippen LogP contribution is 2.19. The molecular formula is C11H21N5OS. The molecule has 1 aromatic rings. The molecular weight excluding hydrogens is 250 g/mol. The fourth-order valence-corrected chi connectivity index (χ4v) is 1.82. The second-order valence-electron chi connectivity index (χ2n) is 4.05. The van der Waals surface area contributed by atoms with Crippen molar-refractivity contribution >= 4 is 23.4 Å². The minimum absolute atomic E-state index is 0.453. The van der Waals surface area contributed by atoms with Crippen LogP contribution in [0, 0.1) is 0 Å². The number of hydrazine groups is 1. The highest BCUT2D eigenvalue weighted by atomic mass is 32.2. The lowest BCUT2D eigenvalue weighted by molar-refractivity contribution is 0.0456. The van der Waals surface area contributed by atoms with Gasteiger partial charge in [-0.2, -0.15) is 0 Å². The van der Waals surface area contributed by atoms with Gasteiger partial charge in [0.05, 0.1) is 5.60 Å². The van der Waals surface area contributed by atoms with E-state index in [1.54, 1.807) is 6.07 Å². The third kappa shape index (κ3) is 4.01. The molecule has 0 aliphatic heterocycles. The van der Waals surface area contributed by atoms with Gasteiger partial charge >= 0.3 is 0 Å². The van der Waals surface area contributed by atoms with Gasteiger partial charge in [0.1, 0.15) is 11.6 Å². The van der Waals surface area contributed by atoms with Gasteiger partial charge in [0.15, 0.2) is 5.16 Å². The third-order valence-electron chi connectivity index (χ3n) is 2.95. The minimum atomic E-state index is -0.708. The summed E-state index contributed by atoms with van der Waals surface area (Å²) in [7, 11) is 0. The molecule has 0 unspecified atom stereocenters. The summed E-state index contributed by atoms with van der Waals surface area (Å²) >= 11 is 1.44. The van der Waals surface area contributed by atoms with Crippen LogP contribution in [0.2, 0.25) is 0 Å². The van der Waals surface area contributed by atoms with Crippen molar-refractivity contribution in [1.29, 1.82) is 0 Å². The molecule has 0 saturated heterocycles. The van der Waals surface area contributed by atoms with E-state index in [-0.39, 0.29) is 0 Å². The average molecular weight is 271 g/mol. The first-order valence-corrected chi connectivity index (χ1v) is 7.15. The zero-order chi connectivity index (χ0) is 13.6. The topological polar surface area (TPSA) is 96.1 Å². The molecule has 0 bridgehead atoms.